The summed E-state index contributed by atoms with van der Waals surface area (Å²) in [5, 5.41) is 4.33. The molecule has 92 valence electrons. The third-order valence-electron chi connectivity index (χ3n) is 3.02. The average molecular weight is 242 g/mol. The van der Waals surface area contributed by atoms with Crippen molar-refractivity contribution in [2.45, 2.75) is 13.5 Å². The van der Waals surface area contributed by atoms with Gasteiger partial charge in [-0.1, -0.05) is 0 Å². The van der Waals surface area contributed by atoms with E-state index in [1.54, 1.807) is 12.4 Å². The normalized spacial score (nSPS) is 11.2. The Kier molecular flexibility index (Phi) is 2.29. The monoisotopic (exact) mass is 242 g/mol. The first kappa shape index (κ1) is 10.8. The van der Waals surface area contributed by atoms with E-state index in [1.807, 2.05) is 35.5 Å². The molecule has 0 aromatic carbocycles. The zero-order chi connectivity index (χ0) is 12.7. The molecule has 3 aromatic heterocycles. The molecular formula is C12H14N6. The maximum absolute atomic E-state index is 5.95. The van der Waals surface area contributed by atoms with E-state index >= 15 is 0 Å². The second-order valence-electron chi connectivity index (χ2n) is 4.33. The summed E-state index contributed by atoms with van der Waals surface area (Å²) in [6.45, 7) is 2.66. The van der Waals surface area contributed by atoms with Crippen LogP contribution in [0.15, 0.2) is 24.7 Å². The molecule has 6 nitrogen and oxygen atoms in total. The molecule has 6 heteroatoms. The number of aromatic nitrogens is 5. The average Bonchev–Trinajstić information content (AvgIpc) is 2.81. The SMILES string of the molecule is Cc1nn(C)cc1Cn1c(N)nc2cnccc21. The molecule has 0 atom stereocenters. The standard InChI is InChI=1S/C12H14N6/c1-8-9(6-17(2)16-8)7-18-11-3-4-14-5-10(11)15-12(18)13/h3-6H,7H2,1-2H3,(H2,13,15). The van der Waals surface area contributed by atoms with E-state index in [-0.39, 0.29) is 0 Å². The molecule has 0 aliphatic rings. The van der Waals surface area contributed by atoms with Gasteiger partial charge in [0.15, 0.2) is 0 Å². The van der Waals surface area contributed by atoms with Gasteiger partial charge in [0.05, 0.1) is 24.0 Å². The van der Waals surface area contributed by atoms with Crippen molar-refractivity contribution in [3.8, 4) is 0 Å². The molecule has 18 heavy (non-hydrogen) atoms. The quantitative estimate of drug-likeness (QED) is 0.730. The molecule has 0 bridgehead atoms. The lowest BCUT2D eigenvalue weighted by atomic mass is 10.2. The molecule has 0 saturated heterocycles. The van der Waals surface area contributed by atoms with E-state index in [4.69, 9.17) is 5.73 Å². The second kappa shape index (κ2) is 3.83. The summed E-state index contributed by atoms with van der Waals surface area (Å²) >= 11 is 0. The molecule has 0 aliphatic carbocycles. The van der Waals surface area contributed by atoms with E-state index in [1.165, 1.54) is 0 Å². The summed E-state index contributed by atoms with van der Waals surface area (Å²) in [5.41, 5.74) is 9.91. The lowest BCUT2D eigenvalue weighted by molar-refractivity contribution is 0.756. The van der Waals surface area contributed by atoms with E-state index in [9.17, 15) is 0 Å². The van der Waals surface area contributed by atoms with Gasteiger partial charge in [-0.05, 0) is 13.0 Å². The van der Waals surface area contributed by atoms with Gasteiger partial charge < -0.3 is 10.3 Å². The molecule has 0 aliphatic heterocycles. The molecule has 3 aromatic rings. The minimum atomic E-state index is 0.501. The highest BCUT2D eigenvalue weighted by Gasteiger charge is 2.11. The fourth-order valence-electron chi connectivity index (χ4n) is 2.14. The lowest BCUT2D eigenvalue weighted by Gasteiger charge is -2.04. The van der Waals surface area contributed by atoms with Gasteiger partial charge in [-0.2, -0.15) is 5.10 Å². The van der Waals surface area contributed by atoms with E-state index < -0.39 is 0 Å². The van der Waals surface area contributed by atoms with Gasteiger partial charge in [0.1, 0.15) is 5.52 Å². The second-order valence-corrected chi connectivity index (χ2v) is 4.33. The Labute approximate surface area is 104 Å². The van der Waals surface area contributed by atoms with Crippen LogP contribution in [0.25, 0.3) is 11.0 Å². The predicted octanol–water partition coefficient (Wildman–Crippen LogP) is 1.10. The maximum Gasteiger partial charge on any atom is 0.201 e. The summed E-state index contributed by atoms with van der Waals surface area (Å²) in [4.78, 5) is 8.34. The third-order valence-corrected chi connectivity index (χ3v) is 3.02. The number of hydrogen-bond donors (Lipinski definition) is 1. The van der Waals surface area contributed by atoms with Crippen LogP contribution >= 0.6 is 0 Å². The fourth-order valence-corrected chi connectivity index (χ4v) is 2.14. The van der Waals surface area contributed by atoms with Crippen LogP contribution < -0.4 is 5.73 Å². The van der Waals surface area contributed by atoms with E-state index in [0.717, 1.165) is 22.3 Å². The topological polar surface area (TPSA) is 74.5 Å². The Morgan fingerprint density at radius 1 is 1.39 bits per heavy atom. The number of nitrogens with zero attached hydrogens (tertiary/aromatic N) is 5. The van der Waals surface area contributed by atoms with Gasteiger partial charge >= 0.3 is 0 Å². The number of nitrogens with two attached hydrogens (primary N) is 1. The van der Waals surface area contributed by atoms with Crippen LogP contribution in [-0.4, -0.2) is 24.3 Å². The maximum atomic E-state index is 5.95. The molecule has 0 fully saturated rings. The van der Waals surface area contributed by atoms with Crippen LogP contribution in [0, 0.1) is 6.92 Å². The van der Waals surface area contributed by atoms with E-state index in [0.29, 0.717) is 12.5 Å². The van der Waals surface area contributed by atoms with Crippen molar-refractivity contribution in [1.29, 1.82) is 0 Å². The predicted molar refractivity (Wildman–Crippen MR) is 69.0 cm³/mol. The van der Waals surface area contributed by atoms with Crippen LogP contribution in [0.4, 0.5) is 5.95 Å². The molecule has 3 heterocycles. The van der Waals surface area contributed by atoms with Crippen LogP contribution in [0.1, 0.15) is 11.3 Å². The van der Waals surface area contributed by atoms with Gasteiger partial charge in [0.2, 0.25) is 5.95 Å². The summed E-state index contributed by atoms with van der Waals surface area (Å²) < 4.78 is 3.78. The first-order valence-electron chi connectivity index (χ1n) is 5.70. The lowest BCUT2D eigenvalue weighted by Crippen LogP contribution is -2.04. The summed E-state index contributed by atoms with van der Waals surface area (Å²) in [6.07, 6.45) is 5.47. The molecule has 0 spiro atoms. The molecule has 0 amide bonds. The molecule has 3 rings (SSSR count). The minimum absolute atomic E-state index is 0.501. The first-order valence-corrected chi connectivity index (χ1v) is 5.70. The molecular weight excluding hydrogens is 228 g/mol. The Bertz CT molecular complexity index is 709. The van der Waals surface area contributed by atoms with Crippen LogP contribution in [0.3, 0.4) is 0 Å². The first-order chi connectivity index (χ1) is 8.65. The zero-order valence-corrected chi connectivity index (χ0v) is 10.3. The highest BCUT2D eigenvalue weighted by molar-refractivity contribution is 5.77. The molecule has 2 N–H and O–H groups in total. The van der Waals surface area contributed by atoms with Gasteiger partial charge in [0.25, 0.3) is 0 Å². The summed E-state index contributed by atoms with van der Waals surface area (Å²) in [6, 6.07) is 1.92. The number of anilines is 1. The summed E-state index contributed by atoms with van der Waals surface area (Å²) in [7, 11) is 1.91. The number of nitrogen functional groups attached to an aromatic ring is 1. The van der Waals surface area contributed by atoms with Crippen molar-refractivity contribution < 1.29 is 0 Å². The third kappa shape index (κ3) is 1.62. The number of aryl methyl sites for hydroxylation is 2. The molecule has 0 unspecified atom stereocenters. The number of rotatable bonds is 2. The smallest absolute Gasteiger partial charge is 0.201 e. The number of pyridine rings is 1. The highest BCUT2D eigenvalue weighted by atomic mass is 15.3. The summed E-state index contributed by atoms with van der Waals surface area (Å²) in [5.74, 6) is 0.501. The Hall–Kier alpha value is -2.37. The van der Waals surface area contributed by atoms with Crippen molar-refractivity contribution in [2.24, 2.45) is 7.05 Å². The minimum Gasteiger partial charge on any atom is -0.369 e. The van der Waals surface area contributed by atoms with Gasteiger partial charge in [-0.15, -0.1) is 0 Å². The van der Waals surface area contributed by atoms with Crippen molar-refractivity contribution in [3.63, 3.8) is 0 Å². The molecule has 0 saturated carbocycles. The van der Waals surface area contributed by atoms with Gasteiger partial charge in [-0.25, -0.2) is 4.98 Å². The number of fused-ring (bicyclic) bond motifs is 1. The van der Waals surface area contributed by atoms with Crippen molar-refractivity contribution in [3.05, 3.63) is 35.9 Å². The van der Waals surface area contributed by atoms with Crippen LogP contribution in [-0.2, 0) is 13.6 Å². The van der Waals surface area contributed by atoms with Crippen molar-refractivity contribution in [1.82, 2.24) is 24.3 Å². The zero-order valence-electron chi connectivity index (χ0n) is 10.3. The number of hydrogen-bond acceptors (Lipinski definition) is 4. The molecule has 0 radical (unpaired) electrons. The number of imidazole rings is 1. The highest BCUT2D eigenvalue weighted by Crippen LogP contribution is 2.19. The van der Waals surface area contributed by atoms with Crippen LogP contribution in [0.2, 0.25) is 0 Å². The largest absolute Gasteiger partial charge is 0.369 e. The van der Waals surface area contributed by atoms with Gasteiger partial charge in [0, 0.05) is 25.0 Å². The van der Waals surface area contributed by atoms with Gasteiger partial charge in [-0.3, -0.25) is 9.67 Å². The fraction of sp³-hybridized carbons (Fsp3) is 0.250. The van der Waals surface area contributed by atoms with Crippen molar-refractivity contribution in [2.75, 3.05) is 5.73 Å². The van der Waals surface area contributed by atoms with Crippen LogP contribution in [0.5, 0.6) is 0 Å². The van der Waals surface area contributed by atoms with E-state index in [2.05, 4.69) is 15.1 Å². The Morgan fingerprint density at radius 3 is 2.94 bits per heavy atom. The Balaban J connectivity index is 2.09. The Morgan fingerprint density at radius 2 is 2.22 bits per heavy atom. The van der Waals surface area contributed by atoms with Crippen molar-refractivity contribution >= 4 is 17.0 Å².